The molecule has 1 atom stereocenters. The molecule has 0 saturated carbocycles. The number of hydrogen-bond donors (Lipinski definition) is 2. The molecule has 5 nitrogen and oxygen atoms in total. The third-order valence-corrected chi connectivity index (χ3v) is 2.73. The van der Waals surface area contributed by atoms with Gasteiger partial charge in [0.15, 0.2) is 0 Å². The van der Waals surface area contributed by atoms with Crippen molar-refractivity contribution >= 4 is 5.91 Å². The number of amides is 1. The van der Waals surface area contributed by atoms with Gasteiger partial charge in [0.1, 0.15) is 5.69 Å². The predicted octanol–water partition coefficient (Wildman–Crippen LogP) is 1.70. The summed E-state index contributed by atoms with van der Waals surface area (Å²) in [4.78, 5) is 11.8. The second-order valence-corrected chi connectivity index (χ2v) is 4.44. The quantitative estimate of drug-likeness (QED) is 0.858. The molecule has 2 aromatic rings. The predicted molar refractivity (Wildman–Crippen MR) is 70.5 cm³/mol. The van der Waals surface area contributed by atoms with E-state index in [9.17, 15) is 4.79 Å². The minimum atomic E-state index is -0.324. The molecule has 1 amide bonds. The SMILES string of the molecule is CC(CO)CNC(=O)c1cc(-c2ccccc2)no1. The van der Waals surface area contributed by atoms with Crippen LogP contribution in [0.4, 0.5) is 0 Å². The summed E-state index contributed by atoms with van der Waals surface area (Å²) in [6.45, 7) is 2.28. The largest absolute Gasteiger partial charge is 0.396 e. The summed E-state index contributed by atoms with van der Waals surface area (Å²) in [5.41, 5.74) is 1.52. The molecular formula is C14H16N2O3. The fourth-order valence-corrected chi connectivity index (χ4v) is 1.55. The first kappa shape index (κ1) is 13.3. The van der Waals surface area contributed by atoms with Crippen molar-refractivity contribution in [3.05, 3.63) is 42.2 Å². The molecule has 0 bridgehead atoms. The molecule has 2 N–H and O–H groups in total. The second kappa shape index (κ2) is 6.15. The molecule has 1 unspecified atom stereocenters. The van der Waals surface area contributed by atoms with Gasteiger partial charge in [0.2, 0.25) is 5.76 Å². The number of nitrogens with zero attached hydrogens (tertiary/aromatic N) is 1. The van der Waals surface area contributed by atoms with Crippen LogP contribution in [-0.2, 0) is 0 Å². The van der Waals surface area contributed by atoms with Crippen LogP contribution in [0.5, 0.6) is 0 Å². The first-order valence-electron chi connectivity index (χ1n) is 6.12. The highest BCUT2D eigenvalue weighted by Gasteiger charge is 2.14. The molecule has 0 aliphatic heterocycles. The summed E-state index contributed by atoms with van der Waals surface area (Å²) >= 11 is 0. The van der Waals surface area contributed by atoms with E-state index in [1.54, 1.807) is 6.07 Å². The number of aliphatic hydroxyl groups is 1. The van der Waals surface area contributed by atoms with Gasteiger partial charge < -0.3 is 14.9 Å². The minimum Gasteiger partial charge on any atom is -0.396 e. The van der Waals surface area contributed by atoms with Gasteiger partial charge in [-0.1, -0.05) is 42.4 Å². The smallest absolute Gasteiger partial charge is 0.289 e. The van der Waals surface area contributed by atoms with Crippen molar-refractivity contribution in [2.75, 3.05) is 13.2 Å². The Kier molecular flexibility index (Phi) is 4.30. The van der Waals surface area contributed by atoms with Crippen molar-refractivity contribution in [3.63, 3.8) is 0 Å². The normalized spacial score (nSPS) is 12.1. The molecule has 0 spiro atoms. The molecule has 0 saturated heterocycles. The van der Waals surface area contributed by atoms with Crippen molar-refractivity contribution in [1.82, 2.24) is 10.5 Å². The van der Waals surface area contributed by atoms with Crippen LogP contribution in [0.2, 0.25) is 0 Å². The van der Waals surface area contributed by atoms with Crippen LogP contribution in [0.15, 0.2) is 40.9 Å². The van der Waals surface area contributed by atoms with E-state index in [1.807, 2.05) is 37.3 Å². The number of aliphatic hydroxyl groups excluding tert-OH is 1. The highest BCUT2D eigenvalue weighted by atomic mass is 16.5. The summed E-state index contributed by atoms with van der Waals surface area (Å²) in [6, 6.07) is 11.1. The fourth-order valence-electron chi connectivity index (χ4n) is 1.55. The molecular weight excluding hydrogens is 244 g/mol. The van der Waals surface area contributed by atoms with E-state index in [4.69, 9.17) is 9.63 Å². The summed E-state index contributed by atoms with van der Waals surface area (Å²) < 4.78 is 5.02. The Morgan fingerprint density at radius 1 is 1.42 bits per heavy atom. The fraction of sp³-hybridized carbons (Fsp3) is 0.286. The molecule has 0 aliphatic rings. The van der Waals surface area contributed by atoms with Crippen LogP contribution in [0.25, 0.3) is 11.3 Å². The first-order valence-corrected chi connectivity index (χ1v) is 6.12. The first-order chi connectivity index (χ1) is 9.20. The van der Waals surface area contributed by atoms with Crippen LogP contribution in [0.1, 0.15) is 17.5 Å². The lowest BCUT2D eigenvalue weighted by Gasteiger charge is -2.07. The Morgan fingerprint density at radius 3 is 2.84 bits per heavy atom. The zero-order valence-electron chi connectivity index (χ0n) is 10.7. The van der Waals surface area contributed by atoms with E-state index < -0.39 is 0 Å². The molecule has 2 rings (SSSR count). The molecule has 100 valence electrons. The van der Waals surface area contributed by atoms with E-state index in [0.29, 0.717) is 12.2 Å². The van der Waals surface area contributed by atoms with Gasteiger partial charge in [0, 0.05) is 24.8 Å². The summed E-state index contributed by atoms with van der Waals surface area (Å²) in [7, 11) is 0. The van der Waals surface area contributed by atoms with Crippen LogP contribution < -0.4 is 5.32 Å². The highest BCUT2D eigenvalue weighted by molar-refractivity contribution is 5.92. The number of rotatable bonds is 5. The molecule has 1 aromatic heterocycles. The minimum absolute atomic E-state index is 0.0143. The van der Waals surface area contributed by atoms with Crippen LogP contribution in [0.3, 0.4) is 0 Å². The summed E-state index contributed by atoms with van der Waals surface area (Å²) in [5, 5.41) is 15.4. The van der Waals surface area contributed by atoms with E-state index in [0.717, 1.165) is 5.56 Å². The molecule has 19 heavy (non-hydrogen) atoms. The number of carbonyl (C=O) groups is 1. The van der Waals surface area contributed by atoms with Gasteiger partial charge in [-0.15, -0.1) is 0 Å². The average Bonchev–Trinajstić information content (AvgIpc) is 2.95. The van der Waals surface area contributed by atoms with Crippen molar-refractivity contribution in [2.45, 2.75) is 6.92 Å². The lowest BCUT2D eigenvalue weighted by molar-refractivity contribution is 0.0905. The highest BCUT2D eigenvalue weighted by Crippen LogP contribution is 2.18. The van der Waals surface area contributed by atoms with E-state index >= 15 is 0 Å². The molecule has 0 aliphatic carbocycles. The lowest BCUT2D eigenvalue weighted by atomic mass is 10.1. The molecule has 0 radical (unpaired) electrons. The van der Waals surface area contributed by atoms with E-state index in [2.05, 4.69) is 10.5 Å². The van der Waals surface area contributed by atoms with E-state index in [-0.39, 0.29) is 24.2 Å². The van der Waals surface area contributed by atoms with Gasteiger partial charge in [0.25, 0.3) is 5.91 Å². The van der Waals surface area contributed by atoms with Crippen LogP contribution in [0, 0.1) is 5.92 Å². The molecule has 5 heteroatoms. The Hall–Kier alpha value is -2.14. The average molecular weight is 260 g/mol. The van der Waals surface area contributed by atoms with Crippen molar-refractivity contribution in [3.8, 4) is 11.3 Å². The van der Waals surface area contributed by atoms with Gasteiger partial charge >= 0.3 is 0 Å². The number of benzene rings is 1. The van der Waals surface area contributed by atoms with Gasteiger partial charge in [-0.05, 0) is 5.92 Å². The Balaban J connectivity index is 2.03. The van der Waals surface area contributed by atoms with Crippen molar-refractivity contribution in [2.24, 2.45) is 5.92 Å². The van der Waals surface area contributed by atoms with Gasteiger partial charge in [0.05, 0.1) is 0 Å². The Bertz CT molecular complexity index is 537. The maximum Gasteiger partial charge on any atom is 0.289 e. The third kappa shape index (κ3) is 3.42. The van der Waals surface area contributed by atoms with Crippen LogP contribution in [-0.4, -0.2) is 29.3 Å². The summed E-state index contributed by atoms with van der Waals surface area (Å²) in [5.74, 6) is -0.139. The van der Waals surface area contributed by atoms with Gasteiger partial charge in [-0.3, -0.25) is 4.79 Å². The summed E-state index contributed by atoms with van der Waals surface area (Å²) in [6.07, 6.45) is 0. The third-order valence-electron chi connectivity index (χ3n) is 2.73. The zero-order valence-corrected chi connectivity index (χ0v) is 10.7. The number of carbonyl (C=O) groups excluding carboxylic acids is 1. The lowest BCUT2D eigenvalue weighted by Crippen LogP contribution is -2.29. The van der Waals surface area contributed by atoms with Crippen molar-refractivity contribution in [1.29, 1.82) is 0 Å². The zero-order chi connectivity index (χ0) is 13.7. The molecule has 0 fully saturated rings. The number of hydrogen-bond acceptors (Lipinski definition) is 4. The van der Waals surface area contributed by atoms with E-state index in [1.165, 1.54) is 0 Å². The number of nitrogens with one attached hydrogen (secondary N) is 1. The maximum absolute atomic E-state index is 11.8. The standard InChI is InChI=1S/C14H16N2O3/c1-10(9-17)8-15-14(18)13-7-12(16-19-13)11-5-3-2-4-6-11/h2-7,10,17H,8-9H2,1H3,(H,15,18). The van der Waals surface area contributed by atoms with Gasteiger partial charge in [-0.2, -0.15) is 0 Å². The number of aromatic nitrogens is 1. The molecule has 1 heterocycles. The Morgan fingerprint density at radius 2 is 2.16 bits per heavy atom. The Labute approximate surface area is 111 Å². The van der Waals surface area contributed by atoms with Crippen LogP contribution >= 0.6 is 0 Å². The monoisotopic (exact) mass is 260 g/mol. The topological polar surface area (TPSA) is 75.4 Å². The maximum atomic E-state index is 11.8. The molecule has 1 aromatic carbocycles. The second-order valence-electron chi connectivity index (χ2n) is 4.44. The van der Waals surface area contributed by atoms with Gasteiger partial charge in [-0.25, -0.2) is 0 Å². The van der Waals surface area contributed by atoms with Crippen molar-refractivity contribution < 1.29 is 14.4 Å².